The second-order valence-corrected chi connectivity index (χ2v) is 6.60. The van der Waals surface area contributed by atoms with E-state index in [2.05, 4.69) is 5.10 Å². The van der Waals surface area contributed by atoms with Gasteiger partial charge < -0.3 is 14.7 Å². The molecule has 1 saturated heterocycles. The number of nitrogens with zero attached hydrogens (tertiary/aromatic N) is 3. The number of piperidine rings is 1. The second-order valence-electron chi connectivity index (χ2n) is 6.60. The summed E-state index contributed by atoms with van der Waals surface area (Å²) >= 11 is 0. The van der Waals surface area contributed by atoms with Crippen LogP contribution >= 0.6 is 0 Å². The Balaban J connectivity index is 1.66. The molecule has 1 fully saturated rings. The molecule has 1 aromatic carbocycles. The van der Waals surface area contributed by atoms with E-state index >= 15 is 0 Å². The van der Waals surface area contributed by atoms with Crippen LogP contribution in [0.5, 0.6) is 5.75 Å². The first kappa shape index (κ1) is 17.4. The molecule has 25 heavy (non-hydrogen) atoms. The van der Waals surface area contributed by atoms with Gasteiger partial charge in [0.2, 0.25) is 0 Å². The van der Waals surface area contributed by atoms with E-state index < -0.39 is 5.60 Å². The van der Waals surface area contributed by atoms with Gasteiger partial charge in [0.05, 0.1) is 17.8 Å². The van der Waals surface area contributed by atoms with Gasteiger partial charge in [0.25, 0.3) is 5.91 Å². The van der Waals surface area contributed by atoms with E-state index in [1.165, 1.54) is 24.3 Å². The summed E-state index contributed by atoms with van der Waals surface area (Å²) in [7, 11) is 1.77. The number of ether oxygens (including phenoxy) is 1. The summed E-state index contributed by atoms with van der Waals surface area (Å²) in [5.74, 6) is 0.0132. The van der Waals surface area contributed by atoms with Crippen LogP contribution in [0.15, 0.2) is 30.5 Å². The van der Waals surface area contributed by atoms with Crippen LogP contribution in [-0.2, 0) is 7.05 Å². The number of halogens is 1. The molecule has 1 aliphatic heterocycles. The van der Waals surface area contributed by atoms with E-state index in [1.54, 1.807) is 29.7 Å². The van der Waals surface area contributed by atoms with Crippen molar-refractivity contribution in [2.75, 3.05) is 19.7 Å². The van der Waals surface area contributed by atoms with E-state index in [1.807, 2.05) is 0 Å². The maximum atomic E-state index is 12.9. The molecule has 2 heterocycles. The summed E-state index contributed by atoms with van der Waals surface area (Å²) in [6.45, 7) is 2.63. The average Bonchev–Trinajstić information content (AvgIpc) is 2.92. The Hall–Kier alpha value is -2.41. The zero-order chi connectivity index (χ0) is 18.0. The molecule has 0 spiro atoms. The molecule has 2 aromatic rings. The molecule has 1 aromatic heterocycles. The molecule has 0 saturated carbocycles. The van der Waals surface area contributed by atoms with Gasteiger partial charge in [-0.05, 0) is 44.0 Å². The Morgan fingerprint density at radius 2 is 2.12 bits per heavy atom. The first-order valence-electron chi connectivity index (χ1n) is 8.27. The minimum atomic E-state index is -1.13. The lowest BCUT2D eigenvalue weighted by Crippen LogP contribution is -2.53. The van der Waals surface area contributed by atoms with Crippen LogP contribution in [0.1, 0.15) is 28.9 Å². The van der Waals surface area contributed by atoms with Crippen LogP contribution < -0.4 is 4.74 Å². The summed E-state index contributed by atoms with van der Waals surface area (Å²) in [6.07, 6.45) is 2.93. The smallest absolute Gasteiger partial charge is 0.257 e. The third kappa shape index (κ3) is 3.99. The largest absolute Gasteiger partial charge is 0.491 e. The molecule has 7 heteroatoms. The highest BCUT2D eigenvalue weighted by atomic mass is 19.1. The van der Waals surface area contributed by atoms with Gasteiger partial charge >= 0.3 is 0 Å². The number of amides is 1. The average molecular weight is 347 g/mol. The maximum Gasteiger partial charge on any atom is 0.257 e. The van der Waals surface area contributed by atoms with Gasteiger partial charge in [-0.15, -0.1) is 0 Å². The SMILES string of the molecule is Cc1nn(C)cc1C(=O)N1CCCC(O)(COc2ccc(F)cc2)C1. The van der Waals surface area contributed by atoms with Crippen molar-refractivity contribution in [2.24, 2.45) is 7.05 Å². The predicted octanol–water partition coefficient (Wildman–Crippen LogP) is 1.91. The first-order chi connectivity index (χ1) is 11.9. The summed E-state index contributed by atoms with van der Waals surface area (Å²) in [4.78, 5) is 14.4. The summed E-state index contributed by atoms with van der Waals surface area (Å²) in [5.41, 5.74) is 0.0914. The number of aliphatic hydroxyl groups is 1. The molecule has 0 radical (unpaired) electrons. The number of hydrogen-bond donors (Lipinski definition) is 1. The fourth-order valence-corrected chi connectivity index (χ4v) is 3.13. The molecular formula is C18H22FN3O3. The van der Waals surface area contributed by atoms with E-state index in [0.29, 0.717) is 36.4 Å². The Kier molecular flexibility index (Phi) is 4.76. The molecule has 1 atom stereocenters. The maximum absolute atomic E-state index is 12.9. The number of carbonyl (C=O) groups is 1. The molecule has 6 nitrogen and oxygen atoms in total. The van der Waals surface area contributed by atoms with Crippen LogP contribution in [-0.4, -0.2) is 51.0 Å². The number of hydrogen-bond acceptors (Lipinski definition) is 4. The topological polar surface area (TPSA) is 67.6 Å². The van der Waals surface area contributed by atoms with Gasteiger partial charge in [-0.2, -0.15) is 5.10 Å². The van der Waals surface area contributed by atoms with Crippen molar-refractivity contribution < 1.29 is 19.0 Å². The fraction of sp³-hybridized carbons (Fsp3) is 0.444. The van der Waals surface area contributed by atoms with Crippen molar-refractivity contribution in [3.63, 3.8) is 0 Å². The fourth-order valence-electron chi connectivity index (χ4n) is 3.13. The van der Waals surface area contributed by atoms with Crippen molar-refractivity contribution in [3.8, 4) is 5.75 Å². The standard InChI is InChI=1S/C18H22FN3O3/c1-13-16(10-21(2)20-13)17(23)22-9-3-8-18(24,11-22)12-25-15-6-4-14(19)5-7-15/h4-7,10,24H,3,8-9,11-12H2,1-2H3. The molecule has 1 aliphatic rings. The van der Waals surface area contributed by atoms with Crippen molar-refractivity contribution >= 4 is 5.91 Å². The van der Waals surface area contributed by atoms with Crippen molar-refractivity contribution in [1.82, 2.24) is 14.7 Å². The van der Waals surface area contributed by atoms with Gasteiger partial charge in [-0.3, -0.25) is 9.48 Å². The predicted molar refractivity (Wildman–Crippen MR) is 89.9 cm³/mol. The highest BCUT2D eigenvalue weighted by molar-refractivity contribution is 5.95. The van der Waals surface area contributed by atoms with Crippen molar-refractivity contribution in [2.45, 2.75) is 25.4 Å². The van der Waals surface area contributed by atoms with Crippen LogP contribution in [0.4, 0.5) is 4.39 Å². The third-order valence-corrected chi connectivity index (χ3v) is 4.41. The monoisotopic (exact) mass is 347 g/mol. The van der Waals surface area contributed by atoms with Gasteiger partial charge in [0, 0.05) is 19.8 Å². The number of carbonyl (C=O) groups excluding carboxylic acids is 1. The molecule has 1 unspecified atom stereocenters. The van der Waals surface area contributed by atoms with Crippen molar-refractivity contribution in [3.05, 3.63) is 47.5 Å². The highest BCUT2D eigenvalue weighted by Gasteiger charge is 2.37. The lowest BCUT2D eigenvalue weighted by Gasteiger charge is -2.38. The normalized spacial score (nSPS) is 20.6. The quantitative estimate of drug-likeness (QED) is 0.917. The van der Waals surface area contributed by atoms with Crippen LogP contribution in [0, 0.1) is 12.7 Å². The first-order valence-corrected chi connectivity index (χ1v) is 8.27. The molecular weight excluding hydrogens is 325 g/mol. The van der Waals surface area contributed by atoms with Crippen LogP contribution in [0.3, 0.4) is 0 Å². The van der Waals surface area contributed by atoms with E-state index in [9.17, 15) is 14.3 Å². The molecule has 134 valence electrons. The van der Waals surface area contributed by atoms with Crippen molar-refractivity contribution in [1.29, 1.82) is 0 Å². The Labute approximate surface area is 145 Å². The molecule has 0 aliphatic carbocycles. The Morgan fingerprint density at radius 1 is 1.40 bits per heavy atom. The van der Waals surface area contributed by atoms with E-state index in [0.717, 1.165) is 0 Å². The molecule has 0 bridgehead atoms. The Morgan fingerprint density at radius 3 is 2.76 bits per heavy atom. The summed E-state index contributed by atoms with van der Waals surface area (Å²) < 4.78 is 20.1. The Bertz CT molecular complexity index is 759. The molecule has 1 amide bonds. The number of aromatic nitrogens is 2. The van der Waals surface area contributed by atoms with Gasteiger partial charge in [-0.1, -0.05) is 0 Å². The second kappa shape index (κ2) is 6.84. The van der Waals surface area contributed by atoms with E-state index in [4.69, 9.17) is 4.74 Å². The number of rotatable bonds is 4. The minimum absolute atomic E-state index is 0.0500. The number of β-amino-alcohol motifs (C(OH)–C–C–N with tert-alkyl or cyclic N) is 1. The minimum Gasteiger partial charge on any atom is -0.491 e. The lowest BCUT2D eigenvalue weighted by molar-refractivity contribution is -0.0532. The molecule has 1 N–H and O–H groups in total. The van der Waals surface area contributed by atoms with E-state index in [-0.39, 0.29) is 24.9 Å². The van der Waals surface area contributed by atoms with Gasteiger partial charge in [-0.25, -0.2) is 4.39 Å². The van der Waals surface area contributed by atoms with Gasteiger partial charge in [0.15, 0.2) is 0 Å². The summed E-state index contributed by atoms with van der Waals surface area (Å²) in [6, 6.07) is 5.65. The number of likely N-dealkylation sites (tertiary alicyclic amines) is 1. The summed E-state index contributed by atoms with van der Waals surface area (Å²) in [5, 5.41) is 15.0. The van der Waals surface area contributed by atoms with Crippen LogP contribution in [0.25, 0.3) is 0 Å². The lowest BCUT2D eigenvalue weighted by atomic mass is 9.93. The van der Waals surface area contributed by atoms with Crippen LogP contribution in [0.2, 0.25) is 0 Å². The highest BCUT2D eigenvalue weighted by Crippen LogP contribution is 2.24. The van der Waals surface area contributed by atoms with Gasteiger partial charge in [0.1, 0.15) is 23.8 Å². The zero-order valence-corrected chi connectivity index (χ0v) is 14.4. The number of benzene rings is 1. The number of aryl methyl sites for hydroxylation is 2. The zero-order valence-electron chi connectivity index (χ0n) is 14.4. The molecule has 3 rings (SSSR count). The third-order valence-electron chi connectivity index (χ3n) is 4.41.